The number of aromatic nitrogens is 1. The number of nitrogens with one attached hydrogen (secondary N) is 1. The van der Waals surface area contributed by atoms with E-state index in [4.69, 9.17) is 4.74 Å². The third kappa shape index (κ3) is 4.04. The molecule has 7 heteroatoms. The molecule has 21 heavy (non-hydrogen) atoms. The maximum absolute atomic E-state index is 11.0. The second-order valence-electron chi connectivity index (χ2n) is 5.22. The van der Waals surface area contributed by atoms with Crippen LogP contribution in [0.2, 0.25) is 0 Å². The normalized spacial score (nSPS) is 18.7. The van der Waals surface area contributed by atoms with Crippen LogP contribution in [0.5, 0.6) is 5.88 Å². The zero-order chi connectivity index (χ0) is 15.2. The van der Waals surface area contributed by atoms with E-state index >= 15 is 0 Å². The highest BCUT2D eigenvalue weighted by Crippen LogP contribution is 2.27. The fourth-order valence-corrected chi connectivity index (χ4v) is 2.59. The van der Waals surface area contributed by atoms with Crippen molar-refractivity contribution in [2.24, 2.45) is 0 Å². The SMILES string of the molecule is CCNc1ccc([N+](=O)[O-])c(OCCC2CCCN2C)n1. The molecule has 1 aromatic rings. The average Bonchev–Trinajstić information content (AvgIpc) is 2.85. The maximum Gasteiger partial charge on any atom is 0.331 e. The van der Waals surface area contributed by atoms with Crippen molar-refractivity contribution in [3.8, 4) is 5.88 Å². The molecule has 2 heterocycles. The molecular weight excluding hydrogens is 272 g/mol. The zero-order valence-corrected chi connectivity index (χ0v) is 12.5. The molecule has 1 aliphatic heterocycles. The van der Waals surface area contributed by atoms with Gasteiger partial charge in [-0.3, -0.25) is 10.1 Å². The summed E-state index contributed by atoms with van der Waals surface area (Å²) in [5, 5.41) is 14.0. The first kappa shape index (κ1) is 15.5. The van der Waals surface area contributed by atoms with Gasteiger partial charge in [-0.2, -0.15) is 4.98 Å². The van der Waals surface area contributed by atoms with Gasteiger partial charge in [0.1, 0.15) is 5.82 Å². The van der Waals surface area contributed by atoms with Crippen LogP contribution >= 0.6 is 0 Å². The Labute approximate surface area is 124 Å². The van der Waals surface area contributed by atoms with Crippen LogP contribution in [-0.2, 0) is 0 Å². The number of hydrogen-bond donors (Lipinski definition) is 1. The summed E-state index contributed by atoms with van der Waals surface area (Å²) < 4.78 is 5.58. The largest absolute Gasteiger partial charge is 0.473 e. The van der Waals surface area contributed by atoms with Crippen LogP contribution in [0.25, 0.3) is 0 Å². The van der Waals surface area contributed by atoms with Gasteiger partial charge in [0.15, 0.2) is 0 Å². The summed E-state index contributed by atoms with van der Waals surface area (Å²) in [6.07, 6.45) is 3.23. The highest BCUT2D eigenvalue weighted by atomic mass is 16.6. The standard InChI is InChI=1S/C14H22N4O3/c1-3-15-13-7-6-12(18(19)20)14(16-13)21-10-8-11-5-4-9-17(11)2/h6-7,11H,3-5,8-10H2,1-2H3,(H,15,16). The molecule has 0 amide bonds. The summed E-state index contributed by atoms with van der Waals surface area (Å²) in [7, 11) is 2.10. The lowest BCUT2D eigenvalue weighted by Crippen LogP contribution is -2.26. The number of nitro groups is 1. The predicted octanol–water partition coefficient (Wildman–Crippen LogP) is 2.28. The number of ether oxygens (including phenoxy) is 1. The molecule has 0 aliphatic carbocycles. The second-order valence-corrected chi connectivity index (χ2v) is 5.22. The number of likely N-dealkylation sites (tertiary alicyclic amines) is 1. The van der Waals surface area contributed by atoms with E-state index in [0.29, 0.717) is 25.0 Å². The van der Waals surface area contributed by atoms with Gasteiger partial charge >= 0.3 is 5.69 Å². The minimum atomic E-state index is -0.459. The molecule has 0 radical (unpaired) electrons. The van der Waals surface area contributed by atoms with Gasteiger partial charge < -0.3 is 15.0 Å². The number of hydrogen-bond acceptors (Lipinski definition) is 6. The van der Waals surface area contributed by atoms with E-state index in [-0.39, 0.29) is 11.6 Å². The van der Waals surface area contributed by atoms with Crippen molar-refractivity contribution >= 4 is 11.5 Å². The van der Waals surface area contributed by atoms with E-state index in [2.05, 4.69) is 22.2 Å². The number of nitrogens with zero attached hydrogens (tertiary/aromatic N) is 3. The predicted molar refractivity (Wildman–Crippen MR) is 80.8 cm³/mol. The maximum atomic E-state index is 11.0. The van der Waals surface area contributed by atoms with Crippen molar-refractivity contribution in [2.45, 2.75) is 32.2 Å². The minimum Gasteiger partial charge on any atom is -0.473 e. The number of rotatable bonds is 7. The molecule has 2 rings (SSSR count). The van der Waals surface area contributed by atoms with Gasteiger partial charge in [-0.05, 0) is 45.8 Å². The van der Waals surface area contributed by atoms with Crippen LogP contribution in [0, 0.1) is 10.1 Å². The molecule has 1 saturated heterocycles. The van der Waals surface area contributed by atoms with Crippen LogP contribution in [0.3, 0.4) is 0 Å². The second kappa shape index (κ2) is 7.21. The third-order valence-electron chi connectivity index (χ3n) is 3.76. The lowest BCUT2D eigenvalue weighted by atomic mass is 10.1. The van der Waals surface area contributed by atoms with Crippen molar-refractivity contribution in [3.63, 3.8) is 0 Å². The van der Waals surface area contributed by atoms with Crippen LogP contribution in [0.15, 0.2) is 12.1 Å². The van der Waals surface area contributed by atoms with Crippen molar-refractivity contribution in [2.75, 3.05) is 32.1 Å². The fourth-order valence-electron chi connectivity index (χ4n) is 2.59. The molecule has 0 bridgehead atoms. The van der Waals surface area contributed by atoms with Crippen LogP contribution < -0.4 is 10.1 Å². The third-order valence-corrected chi connectivity index (χ3v) is 3.76. The van der Waals surface area contributed by atoms with Crippen LogP contribution in [-0.4, -0.2) is 47.6 Å². The van der Waals surface area contributed by atoms with Crippen molar-refractivity contribution in [1.29, 1.82) is 0 Å². The Morgan fingerprint density at radius 3 is 3.00 bits per heavy atom. The Kier molecular flexibility index (Phi) is 5.32. The minimum absolute atomic E-state index is 0.0866. The van der Waals surface area contributed by atoms with Crippen LogP contribution in [0.1, 0.15) is 26.2 Å². The molecular formula is C14H22N4O3. The van der Waals surface area contributed by atoms with Crippen molar-refractivity contribution < 1.29 is 9.66 Å². The van der Waals surface area contributed by atoms with Crippen molar-refractivity contribution in [1.82, 2.24) is 9.88 Å². The molecule has 0 saturated carbocycles. The first-order valence-corrected chi connectivity index (χ1v) is 7.34. The first-order chi connectivity index (χ1) is 10.1. The van der Waals surface area contributed by atoms with E-state index in [9.17, 15) is 10.1 Å². The number of anilines is 1. The van der Waals surface area contributed by atoms with Gasteiger partial charge in [0.2, 0.25) is 0 Å². The lowest BCUT2D eigenvalue weighted by Gasteiger charge is -2.19. The van der Waals surface area contributed by atoms with Gasteiger partial charge in [-0.1, -0.05) is 0 Å². The molecule has 7 nitrogen and oxygen atoms in total. The summed E-state index contributed by atoms with van der Waals surface area (Å²) in [6, 6.07) is 3.53. The fraction of sp³-hybridized carbons (Fsp3) is 0.643. The van der Waals surface area contributed by atoms with Gasteiger partial charge in [-0.25, -0.2) is 0 Å². The monoisotopic (exact) mass is 294 g/mol. The van der Waals surface area contributed by atoms with E-state index in [0.717, 1.165) is 19.4 Å². The highest BCUT2D eigenvalue weighted by Gasteiger charge is 2.22. The Balaban J connectivity index is 1.99. The molecule has 116 valence electrons. The summed E-state index contributed by atoms with van der Waals surface area (Å²) >= 11 is 0. The van der Waals surface area contributed by atoms with E-state index in [1.165, 1.54) is 12.5 Å². The molecule has 1 aliphatic rings. The van der Waals surface area contributed by atoms with Gasteiger partial charge in [0.05, 0.1) is 11.5 Å². The number of pyridine rings is 1. The van der Waals surface area contributed by atoms with Gasteiger partial charge in [-0.15, -0.1) is 0 Å². The average molecular weight is 294 g/mol. The molecule has 1 fully saturated rings. The Morgan fingerprint density at radius 1 is 1.57 bits per heavy atom. The van der Waals surface area contributed by atoms with Crippen molar-refractivity contribution in [3.05, 3.63) is 22.2 Å². The Bertz CT molecular complexity index is 495. The summed E-state index contributed by atoms with van der Waals surface area (Å²) in [6.45, 7) is 4.20. The molecule has 1 N–H and O–H groups in total. The van der Waals surface area contributed by atoms with E-state index < -0.39 is 4.92 Å². The lowest BCUT2D eigenvalue weighted by molar-refractivity contribution is -0.386. The quantitative estimate of drug-likeness (QED) is 0.614. The molecule has 1 aromatic heterocycles. The first-order valence-electron chi connectivity index (χ1n) is 7.34. The van der Waals surface area contributed by atoms with Gasteiger partial charge in [0.25, 0.3) is 5.88 Å². The zero-order valence-electron chi connectivity index (χ0n) is 12.5. The summed E-state index contributed by atoms with van der Waals surface area (Å²) in [5.41, 5.74) is -0.0866. The van der Waals surface area contributed by atoms with E-state index in [1.54, 1.807) is 6.07 Å². The summed E-state index contributed by atoms with van der Waals surface area (Å²) in [5.74, 6) is 0.690. The molecule has 0 spiro atoms. The highest BCUT2D eigenvalue weighted by molar-refractivity contribution is 5.49. The summed E-state index contributed by atoms with van der Waals surface area (Å²) in [4.78, 5) is 17.0. The smallest absolute Gasteiger partial charge is 0.331 e. The molecule has 0 aromatic carbocycles. The Morgan fingerprint density at radius 2 is 2.38 bits per heavy atom. The topological polar surface area (TPSA) is 80.5 Å². The molecule has 1 unspecified atom stereocenters. The van der Waals surface area contributed by atoms with Gasteiger partial charge in [0, 0.05) is 18.7 Å². The van der Waals surface area contributed by atoms with Crippen LogP contribution in [0.4, 0.5) is 11.5 Å². The Hall–Kier alpha value is -1.89. The molecule has 1 atom stereocenters. The van der Waals surface area contributed by atoms with E-state index in [1.807, 2.05) is 6.92 Å².